The minimum Gasteiger partial charge on any atom is -0.488 e. The normalized spacial score (nSPS) is 25.0. The topological polar surface area (TPSA) is 76.1 Å². The highest BCUT2D eigenvalue weighted by Crippen LogP contribution is 2.34. The molecule has 4 nitrogen and oxygen atoms in total. The number of hydrogen-bond donors (Lipinski definition) is 1. The maximum atomic E-state index is 11.5. The van der Waals surface area contributed by atoms with E-state index in [4.69, 9.17) is 10.5 Å². The summed E-state index contributed by atoms with van der Waals surface area (Å²) in [4.78, 5) is 11.5. The first-order valence-corrected chi connectivity index (χ1v) is 7.60. The lowest BCUT2D eigenvalue weighted by atomic mass is 9.78. The summed E-state index contributed by atoms with van der Waals surface area (Å²) in [5, 5.41) is 9.31. The van der Waals surface area contributed by atoms with Crippen molar-refractivity contribution < 1.29 is 9.53 Å². The summed E-state index contributed by atoms with van der Waals surface area (Å²) >= 11 is 0. The molecular weight excluding hydrogens is 264 g/mol. The van der Waals surface area contributed by atoms with E-state index in [2.05, 4.69) is 13.0 Å². The van der Waals surface area contributed by atoms with Crippen LogP contribution in [0.2, 0.25) is 0 Å². The third kappa shape index (κ3) is 3.75. The summed E-state index contributed by atoms with van der Waals surface area (Å²) in [6.07, 6.45) is 4.98. The summed E-state index contributed by atoms with van der Waals surface area (Å²) in [6.45, 7) is 2.18. The van der Waals surface area contributed by atoms with Gasteiger partial charge < -0.3 is 10.5 Å². The number of carbonyl (C=O) groups excluding carboxylic acids is 1. The standard InChI is InChI=1S/C17H22N2O2/c1-2-5-12-8-9-13(11-18)16(10-12)21-15-7-4-3-6-14(15)17(19)20/h3-4,6-7,12-13,16H,2,5,8-10H2,1H3,(H2,19,20). The first-order valence-electron chi connectivity index (χ1n) is 7.60. The van der Waals surface area contributed by atoms with Crippen molar-refractivity contribution in [3.05, 3.63) is 29.8 Å². The Labute approximate surface area is 125 Å². The number of nitrogens with zero attached hydrogens (tertiary/aromatic N) is 1. The lowest BCUT2D eigenvalue weighted by Crippen LogP contribution is -2.34. The molecule has 1 aromatic rings. The number of amides is 1. The van der Waals surface area contributed by atoms with E-state index in [1.807, 2.05) is 6.07 Å². The van der Waals surface area contributed by atoms with Crippen LogP contribution in [0, 0.1) is 23.2 Å². The van der Waals surface area contributed by atoms with Crippen LogP contribution in [0.25, 0.3) is 0 Å². The molecule has 0 spiro atoms. The number of ether oxygens (including phenoxy) is 1. The number of primary amides is 1. The molecular formula is C17H22N2O2. The van der Waals surface area contributed by atoms with E-state index < -0.39 is 5.91 Å². The lowest BCUT2D eigenvalue weighted by molar-refractivity contribution is 0.0842. The monoisotopic (exact) mass is 286 g/mol. The van der Waals surface area contributed by atoms with Gasteiger partial charge in [-0.2, -0.15) is 5.26 Å². The van der Waals surface area contributed by atoms with Gasteiger partial charge in [-0.25, -0.2) is 0 Å². The summed E-state index contributed by atoms with van der Waals surface area (Å²) in [5.41, 5.74) is 5.76. The SMILES string of the molecule is CCCC1CCC(C#N)C(Oc2ccccc2C(N)=O)C1. The van der Waals surface area contributed by atoms with Gasteiger partial charge in [0.25, 0.3) is 5.91 Å². The van der Waals surface area contributed by atoms with Crippen LogP contribution in [-0.2, 0) is 0 Å². The number of nitriles is 1. The third-order valence-electron chi connectivity index (χ3n) is 4.19. The molecule has 3 atom stereocenters. The first-order chi connectivity index (χ1) is 10.2. The third-order valence-corrected chi connectivity index (χ3v) is 4.19. The van der Waals surface area contributed by atoms with Crippen molar-refractivity contribution >= 4 is 5.91 Å². The Bertz CT molecular complexity index is 536. The smallest absolute Gasteiger partial charge is 0.252 e. The number of benzene rings is 1. The number of carbonyl (C=O) groups is 1. The van der Waals surface area contributed by atoms with Crippen LogP contribution in [0.15, 0.2) is 24.3 Å². The predicted octanol–water partition coefficient (Wildman–Crippen LogP) is 3.27. The summed E-state index contributed by atoms with van der Waals surface area (Å²) < 4.78 is 6.00. The zero-order chi connectivity index (χ0) is 15.2. The molecule has 1 saturated carbocycles. The van der Waals surface area contributed by atoms with Gasteiger partial charge in [0.2, 0.25) is 0 Å². The van der Waals surface area contributed by atoms with Gasteiger partial charge in [-0.15, -0.1) is 0 Å². The van der Waals surface area contributed by atoms with Crippen LogP contribution < -0.4 is 10.5 Å². The predicted molar refractivity (Wildman–Crippen MR) is 80.7 cm³/mol. The van der Waals surface area contributed by atoms with Gasteiger partial charge in [-0.1, -0.05) is 31.9 Å². The maximum absolute atomic E-state index is 11.5. The molecule has 1 aliphatic rings. The minimum atomic E-state index is -0.500. The van der Waals surface area contributed by atoms with Crippen LogP contribution in [0.4, 0.5) is 0 Å². The van der Waals surface area contributed by atoms with Crippen LogP contribution in [0.3, 0.4) is 0 Å². The van der Waals surface area contributed by atoms with Crippen molar-refractivity contribution in [2.24, 2.45) is 17.6 Å². The van der Waals surface area contributed by atoms with Crippen molar-refractivity contribution in [2.45, 2.75) is 45.1 Å². The molecule has 4 heteroatoms. The quantitative estimate of drug-likeness (QED) is 0.902. The molecule has 112 valence electrons. The van der Waals surface area contributed by atoms with Gasteiger partial charge in [0.1, 0.15) is 11.9 Å². The second-order valence-corrected chi connectivity index (χ2v) is 5.72. The number of para-hydroxylation sites is 1. The Morgan fingerprint density at radius 3 is 2.86 bits per heavy atom. The average Bonchev–Trinajstić information content (AvgIpc) is 2.48. The van der Waals surface area contributed by atoms with Gasteiger partial charge in [-0.3, -0.25) is 4.79 Å². The highest BCUT2D eigenvalue weighted by molar-refractivity contribution is 5.95. The Balaban J connectivity index is 2.15. The van der Waals surface area contributed by atoms with Crippen molar-refractivity contribution in [3.63, 3.8) is 0 Å². The molecule has 3 unspecified atom stereocenters. The summed E-state index contributed by atoms with van der Waals surface area (Å²) in [5.74, 6) is 0.483. The van der Waals surface area contributed by atoms with Gasteiger partial charge in [-0.05, 0) is 37.3 Å². The summed E-state index contributed by atoms with van der Waals surface area (Å²) in [7, 11) is 0. The minimum absolute atomic E-state index is 0.112. The Hall–Kier alpha value is -2.02. The van der Waals surface area contributed by atoms with Crippen molar-refractivity contribution in [1.82, 2.24) is 0 Å². The largest absolute Gasteiger partial charge is 0.488 e. The van der Waals surface area contributed by atoms with Crippen molar-refractivity contribution in [1.29, 1.82) is 5.26 Å². The molecule has 0 saturated heterocycles. The Morgan fingerprint density at radius 1 is 1.43 bits per heavy atom. The fourth-order valence-electron chi connectivity index (χ4n) is 3.10. The van der Waals surface area contributed by atoms with Crippen LogP contribution >= 0.6 is 0 Å². The molecule has 0 aromatic heterocycles. The van der Waals surface area contributed by atoms with Crippen LogP contribution in [-0.4, -0.2) is 12.0 Å². The highest BCUT2D eigenvalue weighted by Gasteiger charge is 2.32. The zero-order valence-corrected chi connectivity index (χ0v) is 12.4. The molecule has 0 aliphatic heterocycles. The number of hydrogen-bond acceptors (Lipinski definition) is 3. The van der Waals surface area contributed by atoms with E-state index in [-0.39, 0.29) is 12.0 Å². The number of nitrogens with two attached hydrogens (primary N) is 1. The molecule has 0 bridgehead atoms. The average molecular weight is 286 g/mol. The fourth-order valence-corrected chi connectivity index (χ4v) is 3.10. The molecule has 1 aromatic carbocycles. The molecule has 2 N–H and O–H groups in total. The van der Waals surface area contributed by atoms with Gasteiger partial charge in [0.05, 0.1) is 17.6 Å². The maximum Gasteiger partial charge on any atom is 0.252 e. The van der Waals surface area contributed by atoms with E-state index in [0.717, 1.165) is 32.1 Å². The van der Waals surface area contributed by atoms with Gasteiger partial charge in [0, 0.05) is 0 Å². The zero-order valence-electron chi connectivity index (χ0n) is 12.4. The first kappa shape index (κ1) is 15.4. The molecule has 0 heterocycles. The fraction of sp³-hybridized carbons (Fsp3) is 0.529. The van der Waals surface area contributed by atoms with E-state index >= 15 is 0 Å². The van der Waals surface area contributed by atoms with Gasteiger partial charge in [0.15, 0.2) is 0 Å². The Morgan fingerprint density at radius 2 is 2.19 bits per heavy atom. The van der Waals surface area contributed by atoms with Gasteiger partial charge >= 0.3 is 0 Å². The molecule has 1 fully saturated rings. The van der Waals surface area contributed by atoms with Crippen molar-refractivity contribution in [3.8, 4) is 11.8 Å². The highest BCUT2D eigenvalue weighted by atomic mass is 16.5. The molecule has 0 radical (unpaired) electrons. The van der Waals surface area contributed by atoms with E-state index in [1.165, 1.54) is 0 Å². The van der Waals surface area contributed by atoms with E-state index in [0.29, 0.717) is 17.2 Å². The Kier molecular flexibility index (Phi) is 5.21. The molecule has 2 rings (SSSR count). The number of rotatable bonds is 5. The van der Waals surface area contributed by atoms with E-state index in [1.54, 1.807) is 18.2 Å². The van der Waals surface area contributed by atoms with E-state index in [9.17, 15) is 10.1 Å². The second-order valence-electron chi connectivity index (χ2n) is 5.72. The van der Waals surface area contributed by atoms with Crippen LogP contribution in [0.5, 0.6) is 5.75 Å². The van der Waals surface area contributed by atoms with Crippen LogP contribution in [0.1, 0.15) is 49.4 Å². The molecule has 1 amide bonds. The summed E-state index contributed by atoms with van der Waals surface area (Å²) in [6, 6.07) is 9.32. The lowest BCUT2D eigenvalue weighted by Gasteiger charge is -2.33. The molecule has 1 aliphatic carbocycles. The van der Waals surface area contributed by atoms with Crippen molar-refractivity contribution in [2.75, 3.05) is 0 Å². The second kappa shape index (κ2) is 7.12. The molecule has 21 heavy (non-hydrogen) atoms.